The minimum absolute atomic E-state index is 1.37. The summed E-state index contributed by atoms with van der Waals surface area (Å²) in [5.41, 5.74) is 0. The van der Waals surface area contributed by atoms with E-state index in [4.69, 9.17) is 46.4 Å². The Labute approximate surface area is 191 Å². The van der Waals surface area contributed by atoms with Gasteiger partial charge >= 0.3 is 0 Å². The first-order chi connectivity index (χ1) is 12.9. The second-order valence-electron chi connectivity index (χ2n) is 7.79. The summed E-state index contributed by atoms with van der Waals surface area (Å²) in [6.07, 6.45) is 29.4. The second-order valence-corrected chi connectivity index (χ2v) is 11.2. The summed E-state index contributed by atoms with van der Waals surface area (Å²) in [6.45, 7) is 4.60. The van der Waals surface area contributed by atoms with Crippen molar-refractivity contribution in [1.29, 1.82) is 0 Å². The summed E-state index contributed by atoms with van der Waals surface area (Å²) in [5, 5.41) is 0. The molecular formula is C23H46Cl4. The Morgan fingerprint density at radius 1 is 0.333 bits per heavy atom. The van der Waals surface area contributed by atoms with E-state index in [0.29, 0.717) is 0 Å². The van der Waals surface area contributed by atoms with Crippen LogP contribution in [0.1, 0.15) is 142 Å². The number of hydrogen-bond donors (Lipinski definition) is 0. The van der Waals surface area contributed by atoms with Crippen LogP contribution in [0.5, 0.6) is 0 Å². The highest BCUT2D eigenvalue weighted by Crippen LogP contribution is 2.29. The highest BCUT2D eigenvalue weighted by atomic mass is 35.6. The second kappa shape index (κ2) is 25.2. The van der Waals surface area contributed by atoms with Crippen LogP contribution in [0.3, 0.4) is 0 Å². The van der Waals surface area contributed by atoms with Crippen molar-refractivity contribution in [2.45, 2.75) is 146 Å². The van der Waals surface area contributed by atoms with E-state index in [9.17, 15) is 0 Å². The molecule has 0 aliphatic heterocycles. The van der Waals surface area contributed by atoms with Crippen LogP contribution in [0, 0.1) is 0 Å². The average molecular weight is 464 g/mol. The summed E-state index contributed by atoms with van der Waals surface area (Å²) in [5.74, 6) is 0. The van der Waals surface area contributed by atoms with Crippen molar-refractivity contribution in [2.75, 3.05) is 0 Å². The van der Waals surface area contributed by atoms with Crippen LogP contribution >= 0.6 is 46.4 Å². The van der Waals surface area contributed by atoms with Gasteiger partial charge in [0.2, 0.25) is 0 Å². The molecule has 0 saturated carbocycles. The predicted molar refractivity (Wildman–Crippen MR) is 130 cm³/mol. The maximum absolute atomic E-state index is 4.83. The SMILES string of the molecule is CCCCCCCCCCCCCCCCCCCCCC.ClC(Cl)(Cl)Cl. The molecule has 0 fully saturated rings. The lowest BCUT2D eigenvalue weighted by molar-refractivity contribution is 0.523. The van der Waals surface area contributed by atoms with E-state index >= 15 is 0 Å². The van der Waals surface area contributed by atoms with E-state index in [1.165, 1.54) is 128 Å². The third-order valence-corrected chi connectivity index (χ3v) is 4.96. The van der Waals surface area contributed by atoms with Gasteiger partial charge in [-0.25, -0.2) is 0 Å². The fourth-order valence-electron chi connectivity index (χ4n) is 3.33. The van der Waals surface area contributed by atoms with Gasteiger partial charge in [-0.15, -0.1) is 0 Å². The third-order valence-electron chi connectivity index (χ3n) is 4.96. The number of hydrogen-bond acceptors (Lipinski definition) is 0. The first kappa shape index (κ1) is 30.4. The molecule has 0 spiro atoms. The molecule has 0 radical (unpaired) electrons. The molecule has 0 bridgehead atoms. The predicted octanol–water partition coefficient (Wildman–Crippen LogP) is 11.4. The Kier molecular flexibility index (Phi) is 28.3. The molecule has 0 atom stereocenters. The smallest absolute Gasteiger partial charge is 0.0664 e. The first-order valence-corrected chi connectivity index (χ1v) is 13.2. The van der Waals surface area contributed by atoms with Crippen molar-refractivity contribution in [2.24, 2.45) is 0 Å². The Balaban J connectivity index is 0. The van der Waals surface area contributed by atoms with Gasteiger partial charge in [-0.05, 0) is 0 Å². The van der Waals surface area contributed by atoms with Crippen LogP contribution in [0.25, 0.3) is 0 Å². The van der Waals surface area contributed by atoms with Gasteiger partial charge in [-0.3, -0.25) is 0 Å². The maximum Gasteiger partial charge on any atom is 0.266 e. The summed E-state index contributed by atoms with van der Waals surface area (Å²) in [4.78, 5) is 0. The largest absolute Gasteiger partial charge is 0.266 e. The van der Waals surface area contributed by atoms with Crippen LogP contribution in [-0.2, 0) is 0 Å². The first-order valence-electron chi connectivity index (χ1n) is 11.7. The minimum atomic E-state index is -1.61. The molecule has 0 aromatic carbocycles. The van der Waals surface area contributed by atoms with Crippen LogP contribution in [0.15, 0.2) is 0 Å². The molecule has 0 N–H and O–H groups in total. The van der Waals surface area contributed by atoms with Crippen molar-refractivity contribution in [3.63, 3.8) is 0 Å². The molecule has 0 amide bonds. The van der Waals surface area contributed by atoms with Gasteiger partial charge in [-0.2, -0.15) is 0 Å². The zero-order valence-electron chi connectivity index (χ0n) is 18.2. The summed E-state index contributed by atoms with van der Waals surface area (Å²) in [7, 11) is 0. The molecule has 0 unspecified atom stereocenters. The number of rotatable bonds is 19. The zero-order chi connectivity index (χ0) is 20.6. The van der Waals surface area contributed by atoms with Crippen molar-refractivity contribution in [3.8, 4) is 0 Å². The Morgan fingerprint density at radius 3 is 0.556 bits per heavy atom. The molecule has 166 valence electrons. The standard InChI is InChI=1S/C22H46.CCl4/c1-3-5-7-9-11-13-15-17-19-21-22-20-18-16-14-12-10-8-6-4-2;2-1(3,4)5/h3-22H2,1-2H3;. The van der Waals surface area contributed by atoms with Crippen molar-refractivity contribution in [3.05, 3.63) is 0 Å². The van der Waals surface area contributed by atoms with Gasteiger partial charge < -0.3 is 0 Å². The summed E-state index contributed by atoms with van der Waals surface area (Å²) in [6, 6.07) is 0. The quantitative estimate of drug-likeness (QED) is 0.132. The van der Waals surface area contributed by atoms with Gasteiger partial charge in [0.05, 0.1) is 0 Å². The maximum atomic E-state index is 4.83. The topological polar surface area (TPSA) is 0 Å². The normalized spacial score (nSPS) is 11.3. The number of alkyl halides is 4. The van der Waals surface area contributed by atoms with Gasteiger partial charge in [0.1, 0.15) is 0 Å². The molecule has 0 rings (SSSR count). The molecular weight excluding hydrogens is 418 g/mol. The van der Waals surface area contributed by atoms with Crippen LogP contribution in [0.2, 0.25) is 0 Å². The monoisotopic (exact) mass is 462 g/mol. The lowest BCUT2D eigenvalue weighted by Crippen LogP contribution is -1.84. The third kappa shape index (κ3) is 42.3. The van der Waals surface area contributed by atoms with Gasteiger partial charge in [-0.1, -0.05) is 189 Å². The van der Waals surface area contributed by atoms with E-state index < -0.39 is 3.25 Å². The van der Waals surface area contributed by atoms with Gasteiger partial charge in [0.25, 0.3) is 3.25 Å². The van der Waals surface area contributed by atoms with E-state index in [1.807, 2.05) is 0 Å². The molecule has 0 aliphatic rings. The molecule has 0 saturated heterocycles. The molecule has 0 aromatic heterocycles. The summed E-state index contributed by atoms with van der Waals surface area (Å²) >= 11 is 19.3. The Bertz CT molecular complexity index is 225. The minimum Gasteiger partial charge on any atom is -0.0664 e. The fourth-order valence-corrected chi connectivity index (χ4v) is 3.33. The van der Waals surface area contributed by atoms with E-state index in [-0.39, 0.29) is 0 Å². The molecule has 27 heavy (non-hydrogen) atoms. The fraction of sp³-hybridized carbons (Fsp3) is 1.00. The lowest BCUT2D eigenvalue weighted by Gasteiger charge is -2.03. The molecule has 0 aromatic rings. The van der Waals surface area contributed by atoms with E-state index in [1.54, 1.807) is 0 Å². The molecule has 0 aliphatic carbocycles. The molecule has 0 nitrogen and oxygen atoms in total. The van der Waals surface area contributed by atoms with Gasteiger partial charge in [0.15, 0.2) is 0 Å². The van der Waals surface area contributed by atoms with Crippen LogP contribution < -0.4 is 0 Å². The lowest BCUT2D eigenvalue weighted by atomic mass is 10.0. The van der Waals surface area contributed by atoms with E-state index in [2.05, 4.69) is 13.8 Å². The number of unbranched alkanes of at least 4 members (excludes halogenated alkanes) is 19. The van der Waals surface area contributed by atoms with Crippen molar-refractivity contribution < 1.29 is 0 Å². The van der Waals surface area contributed by atoms with Crippen molar-refractivity contribution in [1.82, 2.24) is 0 Å². The highest BCUT2D eigenvalue weighted by molar-refractivity contribution is 6.83. The highest BCUT2D eigenvalue weighted by Gasteiger charge is 2.11. The van der Waals surface area contributed by atoms with Crippen LogP contribution in [0.4, 0.5) is 0 Å². The van der Waals surface area contributed by atoms with Crippen molar-refractivity contribution >= 4 is 46.4 Å². The number of halogens is 4. The molecule has 0 heterocycles. The molecule has 4 heteroatoms. The van der Waals surface area contributed by atoms with Gasteiger partial charge in [0, 0.05) is 0 Å². The zero-order valence-corrected chi connectivity index (χ0v) is 21.2. The van der Waals surface area contributed by atoms with Crippen LogP contribution in [-0.4, -0.2) is 3.25 Å². The summed E-state index contributed by atoms with van der Waals surface area (Å²) < 4.78 is -1.61. The average Bonchev–Trinajstić information content (AvgIpc) is 2.59. The Morgan fingerprint density at radius 2 is 0.444 bits per heavy atom. The Hall–Kier alpha value is 1.16. The van der Waals surface area contributed by atoms with E-state index in [0.717, 1.165) is 0 Å².